The van der Waals surface area contributed by atoms with Crippen molar-refractivity contribution in [3.63, 3.8) is 0 Å². The van der Waals surface area contributed by atoms with Crippen molar-refractivity contribution in [3.8, 4) is 5.75 Å². The van der Waals surface area contributed by atoms with E-state index in [2.05, 4.69) is 5.32 Å². The third kappa shape index (κ3) is 5.27. The smallest absolute Gasteiger partial charge is 0.271 e. The minimum atomic E-state index is -3.61. The molecule has 0 atom stereocenters. The van der Waals surface area contributed by atoms with Gasteiger partial charge in [0.15, 0.2) is 0 Å². The van der Waals surface area contributed by atoms with Crippen LogP contribution in [0.2, 0.25) is 0 Å². The van der Waals surface area contributed by atoms with Gasteiger partial charge in [0.05, 0.1) is 22.6 Å². The predicted molar refractivity (Wildman–Crippen MR) is 104 cm³/mol. The Morgan fingerprint density at radius 2 is 1.89 bits per heavy atom. The van der Waals surface area contributed by atoms with Crippen LogP contribution in [0.5, 0.6) is 5.75 Å². The normalized spacial score (nSPS) is 11.2. The Morgan fingerprint density at radius 1 is 1.21 bits per heavy atom. The Labute approximate surface area is 163 Å². The highest BCUT2D eigenvalue weighted by molar-refractivity contribution is 7.89. The SMILES string of the molecule is COc1ccc([N+](=O)[O-])cc1NC(=O)CCCN(C)S(=O)(=O)c1ccccc1. The minimum Gasteiger partial charge on any atom is -0.495 e. The number of nitrogens with zero attached hydrogens (tertiary/aromatic N) is 2. The molecule has 0 unspecified atom stereocenters. The van der Waals surface area contributed by atoms with Crippen molar-refractivity contribution in [2.75, 3.05) is 26.0 Å². The lowest BCUT2D eigenvalue weighted by atomic mass is 10.2. The first kappa shape index (κ1) is 21.3. The van der Waals surface area contributed by atoms with Gasteiger partial charge in [0.1, 0.15) is 5.75 Å². The van der Waals surface area contributed by atoms with E-state index < -0.39 is 20.9 Å². The molecule has 2 rings (SSSR count). The highest BCUT2D eigenvalue weighted by atomic mass is 32.2. The molecular formula is C18H21N3O6S. The van der Waals surface area contributed by atoms with E-state index in [1.165, 1.54) is 48.8 Å². The molecule has 0 bridgehead atoms. The van der Waals surface area contributed by atoms with E-state index in [0.717, 1.165) is 0 Å². The summed E-state index contributed by atoms with van der Waals surface area (Å²) in [6, 6.07) is 11.9. The van der Waals surface area contributed by atoms with Gasteiger partial charge in [-0.3, -0.25) is 14.9 Å². The molecule has 2 aromatic rings. The molecule has 9 nitrogen and oxygen atoms in total. The maximum Gasteiger partial charge on any atom is 0.271 e. The van der Waals surface area contributed by atoms with Gasteiger partial charge in [-0.05, 0) is 24.6 Å². The van der Waals surface area contributed by atoms with Crippen LogP contribution in [0.3, 0.4) is 0 Å². The third-order valence-electron chi connectivity index (χ3n) is 4.00. The summed E-state index contributed by atoms with van der Waals surface area (Å²) in [7, 11) is -0.778. The molecule has 0 radical (unpaired) electrons. The zero-order chi connectivity index (χ0) is 20.7. The topological polar surface area (TPSA) is 119 Å². The Balaban J connectivity index is 1.94. The van der Waals surface area contributed by atoms with E-state index in [9.17, 15) is 23.3 Å². The zero-order valence-electron chi connectivity index (χ0n) is 15.5. The lowest BCUT2D eigenvalue weighted by molar-refractivity contribution is -0.384. The van der Waals surface area contributed by atoms with Gasteiger partial charge in [-0.2, -0.15) is 0 Å². The second-order valence-electron chi connectivity index (χ2n) is 5.93. The number of carbonyl (C=O) groups excluding carboxylic acids is 1. The van der Waals surface area contributed by atoms with Crippen molar-refractivity contribution in [2.45, 2.75) is 17.7 Å². The highest BCUT2D eigenvalue weighted by Crippen LogP contribution is 2.29. The number of rotatable bonds is 9. The number of hydrogen-bond donors (Lipinski definition) is 1. The van der Waals surface area contributed by atoms with Crippen molar-refractivity contribution < 1.29 is 22.9 Å². The van der Waals surface area contributed by atoms with Crippen LogP contribution in [0.4, 0.5) is 11.4 Å². The summed E-state index contributed by atoms with van der Waals surface area (Å²) in [4.78, 5) is 22.7. The van der Waals surface area contributed by atoms with Crippen LogP contribution in [0, 0.1) is 10.1 Å². The van der Waals surface area contributed by atoms with Crippen molar-refractivity contribution in [3.05, 3.63) is 58.6 Å². The van der Waals surface area contributed by atoms with Crippen molar-refractivity contribution >= 4 is 27.3 Å². The number of non-ortho nitro benzene ring substituents is 1. The van der Waals surface area contributed by atoms with Gasteiger partial charge in [-0.1, -0.05) is 18.2 Å². The second-order valence-corrected chi connectivity index (χ2v) is 7.98. The molecule has 28 heavy (non-hydrogen) atoms. The summed E-state index contributed by atoms with van der Waals surface area (Å²) in [5, 5.41) is 13.5. The highest BCUT2D eigenvalue weighted by Gasteiger charge is 2.20. The quantitative estimate of drug-likeness (QED) is 0.504. The van der Waals surface area contributed by atoms with Crippen LogP contribution in [0.15, 0.2) is 53.4 Å². The number of amides is 1. The van der Waals surface area contributed by atoms with Crippen LogP contribution in [-0.2, 0) is 14.8 Å². The molecule has 0 aromatic heterocycles. The largest absolute Gasteiger partial charge is 0.495 e. The molecular weight excluding hydrogens is 386 g/mol. The Kier molecular flexibility index (Phi) is 7.07. The molecule has 10 heteroatoms. The number of nitro groups is 1. The third-order valence-corrected chi connectivity index (χ3v) is 5.87. The summed E-state index contributed by atoms with van der Waals surface area (Å²) in [6.07, 6.45) is 0.326. The number of sulfonamides is 1. The Bertz CT molecular complexity index is 947. The van der Waals surface area contributed by atoms with Gasteiger partial charge >= 0.3 is 0 Å². The number of nitro benzene ring substituents is 1. The summed E-state index contributed by atoms with van der Waals surface area (Å²) < 4.78 is 31.1. The lowest BCUT2D eigenvalue weighted by Gasteiger charge is -2.17. The molecule has 0 fully saturated rings. The van der Waals surface area contributed by atoms with E-state index in [1.54, 1.807) is 18.2 Å². The van der Waals surface area contributed by atoms with Crippen molar-refractivity contribution in [2.24, 2.45) is 0 Å². The first-order valence-corrected chi connectivity index (χ1v) is 9.83. The predicted octanol–water partition coefficient (Wildman–Crippen LogP) is 2.64. The van der Waals surface area contributed by atoms with E-state index in [0.29, 0.717) is 5.75 Å². The number of ether oxygens (including phenoxy) is 1. The van der Waals surface area contributed by atoms with Crippen LogP contribution < -0.4 is 10.1 Å². The molecule has 1 amide bonds. The molecule has 0 aliphatic rings. The lowest BCUT2D eigenvalue weighted by Crippen LogP contribution is -2.28. The van der Waals surface area contributed by atoms with Crippen LogP contribution in [0.1, 0.15) is 12.8 Å². The van der Waals surface area contributed by atoms with Crippen LogP contribution in [0.25, 0.3) is 0 Å². The standard InChI is InChI=1S/C18H21N3O6S/c1-20(28(25,26)15-7-4-3-5-8-15)12-6-9-18(22)19-16-13-14(21(23)24)10-11-17(16)27-2/h3-5,7-8,10-11,13H,6,9,12H2,1-2H3,(H,19,22). The fourth-order valence-corrected chi connectivity index (χ4v) is 3.71. The zero-order valence-corrected chi connectivity index (χ0v) is 16.3. The Hall–Kier alpha value is -2.98. The molecule has 150 valence electrons. The molecule has 2 aromatic carbocycles. The van der Waals surface area contributed by atoms with Gasteiger partial charge in [-0.25, -0.2) is 12.7 Å². The molecule has 0 aliphatic carbocycles. The summed E-state index contributed by atoms with van der Waals surface area (Å²) in [5.74, 6) is -0.105. The summed E-state index contributed by atoms with van der Waals surface area (Å²) in [6.45, 7) is 0.150. The molecule has 0 heterocycles. The maximum atomic E-state index is 12.4. The number of anilines is 1. The van der Waals surface area contributed by atoms with E-state index >= 15 is 0 Å². The number of benzene rings is 2. The van der Waals surface area contributed by atoms with E-state index in [-0.39, 0.29) is 35.7 Å². The number of nitrogens with one attached hydrogen (secondary N) is 1. The average molecular weight is 407 g/mol. The van der Waals surface area contributed by atoms with Gasteiger partial charge in [0.25, 0.3) is 5.69 Å². The number of hydrogen-bond acceptors (Lipinski definition) is 6. The van der Waals surface area contributed by atoms with Crippen molar-refractivity contribution in [1.82, 2.24) is 4.31 Å². The first-order valence-electron chi connectivity index (χ1n) is 8.39. The van der Waals surface area contributed by atoms with Crippen LogP contribution >= 0.6 is 0 Å². The summed E-state index contributed by atoms with van der Waals surface area (Å²) in [5.41, 5.74) is 0.0109. The van der Waals surface area contributed by atoms with Gasteiger partial charge < -0.3 is 10.1 Å². The van der Waals surface area contributed by atoms with E-state index in [4.69, 9.17) is 4.74 Å². The Morgan fingerprint density at radius 3 is 2.50 bits per heavy atom. The van der Waals surface area contributed by atoms with Gasteiger partial charge in [-0.15, -0.1) is 0 Å². The van der Waals surface area contributed by atoms with Crippen LogP contribution in [-0.4, -0.2) is 44.3 Å². The average Bonchev–Trinajstić information content (AvgIpc) is 2.68. The van der Waals surface area contributed by atoms with E-state index in [1.807, 2.05) is 0 Å². The van der Waals surface area contributed by atoms with Gasteiger partial charge in [0.2, 0.25) is 15.9 Å². The molecule has 0 saturated carbocycles. The molecule has 1 N–H and O–H groups in total. The van der Waals surface area contributed by atoms with Crippen molar-refractivity contribution in [1.29, 1.82) is 0 Å². The summed E-state index contributed by atoms with van der Waals surface area (Å²) >= 11 is 0. The van der Waals surface area contributed by atoms with Gasteiger partial charge in [0, 0.05) is 32.1 Å². The number of methoxy groups -OCH3 is 1. The fraction of sp³-hybridized carbons (Fsp3) is 0.278. The second kappa shape index (κ2) is 9.29. The maximum absolute atomic E-state index is 12.4. The first-order chi connectivity index (χ1) is 13.3. The molecule has 0 aliphatic heterocycles. The molecule has 0 spiro atoms. The monoisotopic (exact) mass is 407 g/mol. The number of carbonyl (C=O) groups is 1. The molecule has 0 saturated heterocycles. The minimum absolute atomic E-state index is 0.0422. The fourth-order valence-electron chi connectivity index (χ4n) is 2.47.